The number of ether oxygens (including phenoxy) is 1. The highest BCUT2D eigenvalue weighted by atomic mass is 16.5. The van der Waals surface area contributed by atoms with Gasteiger partial charge in [0, 0.05) is 30.2 Å². The standard InChI is InChI=1S/C23H24N2O2/c1-27-21-9-6-16(7-10-21)19-12-20(13-19)25-23(26)11-8-18-15-24-14-17-4-2-3-5-22(17)18/h2-7,9-10,14-15,19-20H,8,11-13H2,1H3,(H,25,26). The van der Waals surface area contributed by atoms with E-state index in [-0.39, 0.29) is 11.9 Å². The molecule has 0 radical (unpaired) electrons. The molecule has 4 rings (SSSR count). The van der Waals surface area contributed by atoms with Crippen LogP contribution in [0.1, 0.15) is 36.3 Å². The van der Waals surface area contributed by atoms with Gasteiger partial charge in [0.2, 0.25) is 5.91 Å². The maximum atomic E-state index is 12.3. The van der Waals surface area contributed by atoms with Crippen molar-refractivity contribution in [3.05, 3.63) is 72.1 Å². The first-order valence-corrected chi connectivity index (χ1v) is 9.48. The molecule has 4 heteroatoms. The fraction of sp³-hybridized carbons (Fsp3) is 0.304. The molecule has 0 atom stereocenters. The van der Waals surface area contributed by atoms with Gasteiger partial charge >= 0.3 is 0 Å². The highest BCUT2D eigenvalue weighted by Gasteiger charge is 2.31. The summed E-state index contributed by atoms with van der Waals surface area (Å²) in [5, 5.41) is 5.48. The first-order valence-electron chi connectivity index (χ1n) is 9.48. The van der Waals surface area contributed by atoms with Gasteiger partial charge in [-0.15, -0.1) is 0 Å². The first-order chi connectivity index (χ1) is 13.2. The van der Waals surface area contributed by atoms with Gasteiger partial charge in [-0.25, -0.2) is 0 Å². The molecular weight excluding hydrogens is 336 g/mol. The third-order valence-corrected chi connectivity index (χ3v) is 5.46. The van der Waals surface area contributed by atoms with Gasteiger partial charge in [0.1, 0.15) is 5.75 Å². The van der Waals surface area contributed by atoms with Crippen molar-refractivity contribution < 1.29 is 9.53 Å². The number of carbonyl (C=O) groups is 1. The third-order valence-electron chi connectivity index (χ3n) is 5.46. The summed E-state index contributed by atoms with van der Waals surface area (Å²) in [5.74, 6) is 1.54. The fourth-order valence-corrected chi connectivity index (χ4v) is 3.81. The zero-order valence-electron chi connectivity index (χ0n) is 15.5. The Kier molecular flexibility index (Phi) is 5.05. The molecule has 138 valence electrons. The smallest absolute Gasteiger partial charge is 0.220 e. The number of nitrogens with one attached hydrogen (secondary N) is 1. The van der Waals surface area contributed by atoms with Crippen LogP contribution in [-0.2, 0) is 11.2 Å². The van der Waals surface area contributed by atoms with E-state index in [0.29, 0.717) is 12.3 Å². The van der Waals surface area contributed by atoms with Gasteiger partial charge in [-0.2, -0.15) is 0 Å². The Morgan fingerprint density at radius 2 is 1.89 bits per heavy atom. The van der Waals surface area contributed by atoms with E-state index >= 15 is 0 Å². The number of aryl methyl sites for hydroxylation is 1. The molecule has 0 bridgehead atoms. The summed E-state index contributed by atoms with van der Waals surface area (Å²) in [5.41, 5.74) is 2.45. The van der Waals surface area contributed by atoms with Crippen LogP contribution < -0.4 is 10.1 Å². The van der Waals surface area contributed by atoms with Crippen LogP contribution in [0.15, 0.2) is 60.9 Å². The average molecular weight is 360 g/mol. The Hall–Kier alpha value is -2.88. The van der Waals surface area contributed by atoms with Crippen molar-refractivity contribution in [1.29, 1.82) is 0 Å². The molecule has 1 aromatic heterocycles. The van der Waals surface area contributed by atoms with Crippen molar-refractivity contribution in [3.8, 4) is 5.75 Å². The lowest BCUT2D eigenvalue weighted by Crippen LogP contribution is -2.43. The predicted octanol–water partition coefficient (Wildman–Crippen LogP) is 4.24. The number of fused-ring (bicyclic) bond motifs is 1. The van der Waals surface area contributed by atoms with E-state index in [1.807, 2.05) is 36.7 Å². The van der Waals surface area contributed by atoms with E-state index in [9.17, 15) is 4.79 Å². The average Bonchev–Trinajstić information content (AvgIpc) is 2.69. The van der Waals surface area contributed by atoms with Gasteiger partial charge in [0.05, 0.1) is 7.11 Å². The molecule has 1 amide bonds. The van der Waals surface area contributed by atoms with Crippen LogP contribution in [0.5, 0.6) is 5.75 Å². The summed E-state index contributed by atoms with van der Waals surface area (Å²) in [7, 11) is 1.68. The van der Waals surface area contributed by atoms with Crippen molar-refractivity contribution in [3.63, 3.8) is 0 Å². The van der Waals surface area contributed by atoms with E-state index in [1.165, 1.54) is 10.9 Å². The Morgan fingerprint density at radius 1 is 1.11 bits per heavy atom. The number of aromatic nitrogens is 1. The molecule has 1 fully saturated rings. The van der Waals surface area contributed by atoms with Crippen LogP contribution in [0.3, 0.4) is 0 Å². The molecule has 1 N–H and O–H groups in total. The molecule has 1 aliphatic carbocycles. The van der Waals surface area contributed by atoms with Gasteiger partial charge in [-0.1, -0.05) is 36.4 Å². The number of benzene rings is 2. The predicted molar refractivity (Wildman–Crippen MR) is 107 cm³/mol. The lowest BCUT2D eigenvalue weighted by atomic mass is 9.76. The van der Waals surface area contributed by atoms with Crippen LogP contribution in [0.4, 0.5) is 0 Å². The number of nitrogens with zero attached hydrogens (tertiary/aromatic N) is 1. The summed E-state index contributed by atoms with van der Waals surface area (Å²) < 4.78 is 5.20. The van der Waals surface area contributed by atoms with Crippen molar-refractivity contribution in [1.82, 2.24) is 10.3 Å². The normalized spacial score (nSPS) is 18.7. The zero-order chi connectivity index (χ0) is 18.6. The van der Waals surface area contributed by atoms with Crippen LogP contribution >= 0.6 is 0 Å². The number of hydrogen-bond acceptors (Lipinski definition) is 3. The number of hydrogen-bond donors (Lipinski definition) is 1. The van der Waals surface area contributed by atoms with Crippen molar-refractivity contribution in [2.24, 2.45) is 0 Å². The maximum absolute atomic E-state index is 12.3. The summed E-state index contributed by atoms with van der Waals surface area (Å²) in [6, 6.07) is 16.7. The molecular formula is C23H24N2O2. The number of amides is 1. The van der Waals surface area contributed by atoms with Gasteiger partial charge in [0.15, 0.2) is 0 Å². The summed E-state index contributed by atoms with van der Waals surface area (Å²) in [6.45, 7) is 0. The minimum atomic E-state index is 0.126. The van der Waals surface area contributed by atoms with E-state index in [2.05, 4.69) is 34.6 Å². The van der Waals surface area contributed by atoms with Gasteiger partial charge < -0.3 is 10.1 Å². The molecule has 0 unspecified atom stereocenters. The van der Waals surface area contributed by atoms with Gasteiger partial charge in [-0.05, 0) is 53.8 Å². The van der Waals surface area contributed by atoms with E-state index < -0.39 is 0 Å². The molecule has 4 nitrogen and oxygen atoms in total. The highest BCUT2D eigenvalue weighted by molar-refractivity contribution is 5.85. The van der Waals surface area contributed by atoms with E-state index in [4.69, 9.17) is 4.74 Å². The van der Waals surface area contributed by atoms with Gasteiger partial charge in [0.25, 0.3) is 0 Å². The molecule has 0 aliphatic heterocycles. The first kappa shape index (κ1) is 17.5. The zero-order valence-corrected chi connectivity index (χ0v) is 15.5. The van der Waals surface area contributed by atoms with E-state index in [1.54, 1.807) is 7.11 Å². The quantitative estimate of drug-likeness (QED) is 0.715. The van der Waals surface area contributed by atoms with Crippen molar-refractivity contribution in [2.45, 2.75) is 37.6 Å². The molecule has 27 heavy (non-hydrogen) atoms. The van der Waals surface area contributed by atoms with Crippen molar-refractivity contribution >= 4 is 16.7 Å². The number of carbonyl (C=O) groups excluding carboxylic acids is 1. The summed E-state index contributed by atoms with van der Waals surface area (Å²) in [6.07, 6.45) is 6.97. The summed E-state index contributed by atoms with van der Waals surface area (Å²) in [4.78, 5) is 16.6. The molecule has 0 saturated heterocycles. The second-order valence-electron chi connectivity index (χ2n) is 7.23. The molecule has 1 aliphatic rings. The Labute approximate surface area is 159 Å². The second-order valence-corrected chi connectivity index (χ2v) is 7.23. The highest BCUT2D eigenvalue weighted by Crippen LogP contribution is 2.37. The minimum absolute atomic E-state index is 0.126. The Bertz CT molecular complexity index is 925. The maximum Gasteiger partial charge on any atom is 0.220 e. The number of rotatable bonds is 6. The lowest BCUT2D eigenvalue weighted by Gasteiger charge is -2.36. The monoisotopic (exact) mass is 360 g/mol. The Morgan fingerprint density at radius 3 is 2.67 bits per heavy atom. The van der Waals surface area contributed by atoms with Crippen LogP contribution in [-0.4, -0.2) is 24.0 Å². The second kappa shape index (κ2) is 7.78. The van der Waals surface area contributed by atoms with E-state index in [0.717, 1.165) is 36.0 Å². The topological polar surface area (TPSA) is 51.2 Å². The molecule has 1 heterocycles. The summed E-state index contributed by atoms with van der Waals surface area (Å²) >= 11 is 0. The minimum Gasteiger partial charge on any atom is -0.497 e. The largest absolute Gasteiger partial charge is 0.497 e. The van der Waals surface area contributed by atoms with Crippen molar-refractivity contribution in [2.75, 3.05) is 7.11 Å². The third kappa shape index (κ3) is 3.95. The van der Waals surface area contributed by atoms with Gasteiger partial charge in [-0.3, -0.25) is 9.78 Å². The van der Waals surface area contributed by atoms with Crippen LogP contribution in [0, 0.1) is 0 Å². The molecule has 1 saturated carbocycles. The fourth-order valence-electron chi connectivity index (χ4n) is 3.81. The van der Waals surface area contributed by atoms with Crippen LogP contribution in [0.2, 0.25) is 0 Å². The Balaban J connectivity index is 1.27. The molecule has 0 spiro atoms. The molecule has 2 aromatic carbocycles. The number of methoxy groups -OCH3 is 1. The number of pyridine rings is 1. The SMILES string of the molecule is COc1ccc(C2CC(NC(=O)CCc3cncc4ccccc34)C2)cc1. The molecule has 3 aromatic rings. The lowest BCUT2D eigenvalue weighted by molar-refractivity contribution is -0.122. The van der Waals surface area contributed by atoms with Crippen LogP contribution in [0.25, 0.3) is 10.8 Å².